The van der Waals surface area contributed by atoms with E-state index in [2.05, 4.69) is 21.2 Å². The minimum atomic E-state index is -0.287. The SMILES string of the molecule is O=C(Cn1c2ccccc2c(=O)c2ccccc21)N/N=C/c1cn(Cc2ccc(Cl)cc2)c2ccccc12. The first-order chi connectivity index (χ1) is 18.6. The molecule has 2 heterocycles. The van der Waals surface area contributed by atoms with E-state index in [9.17, 15) is 9.59 Å². The maximum atomic E-state index is 13.0. The predicted molar refractivity (Wildman–Crippen MR) is 154 cm³/mol. The molecule has 7 heteroatoms. The summed E-state index contributed by atoms with van der Waals surface area (Å²) in [6, 6.07) is 30.6. The van der Waals surface area contributed by atoms with Crippen molar-refractivity contribution in [3.8, 4) is 0 Å². The van der Waals surface area contributed by atoms with Gasteiger partial charge in [-0.3, -0.25) is 9.59 Å². The lowest BCUT2D eigenvalue weighted by Gasteiger charge is -2.14. The maximum Gasteiger partial charge on any atom is 0.260 e. The van der Waals surface area contributed by atoms with Gasteiger partial charge in [-0.05, 0) is 48.0 Å². The number of amides is 1. The molecule has 38 heavy (non-hydrogen) atoms. The first-order valence-electron chi connectivity index (χ1n) is 12.2. The number of aromatic nitrogens is 2. The number of hydrazone groups is 1. The van der Waals surface area contributed by atoms with Crippen LogP contribution in [0.15, 0.2) is 113 Å². The van der Waals surface area contributed by atoms with E-state index < -0.39 is 0 Å². The van der Waals surface area contributed by atoms with Gasteiger partial charge in [0.25, 0.3) is 5.91 Å². The van der Waals surface area contributed by atoms with Gasteiger partial charge in [-0.25, -0.2) is 5.43 Å². The smallest absolute Gasteiger partial charge is 0.260 e. The van der Waals surface area contributed by atoms with Gasteiger partial charge in [0.05, 0.1) is 17.2 Å². The van der Waals surface area contributed by atoms with Crippen LogP contribution in [-0.2, 0) is 17.9 Å². The molecular formula is C31H23ClN4O2. The second kappa shape index (κ2) is 10.00. The number of fused-ring (bicyclic) bond motifs is 3. The number of benzene rings is 4. The summed E-state index contributed by atoms with van der Waals surface area (Å²) in [5.74, 6) is -0.287. The van der Waals surface area contributed by atoms with E-state index in [1.165, 1.54) is 0 Å². The Labute approximate surface area is 223 Å². The lowest BCUT2D eigenvalue weighted by atomic mass is 10.1. The average molecular weight is 519 g/mol. The molecule has 0 aliphatic carbocycles. The Morgan fingerprint density at radius 3 is 2.03 bits per heavy atom. The van der Waals surface area contributed by atoms with Gasteiger partial charge in [0.15, 0.2) is 5.43 Å². The van der Waals surface area contributed by atoms with Crippen molar-refractivity contribution >= 4 is 56.4 Å². The van der Waals surface area contributed by atoms with Gasteiger partial charge < -0.3 is 9.13 Å². The first-order valence-corrected chi connectivity index (χ1v) is 12.6. The largest absolute Gasteiger partial charge is 0.342 e. The fraction of sp³-hybridized carbons (Fsp3) is 0.0645. The maximum absolute atomic E-state index is 13.0. The summed E-state index contributed by atoms with van der Waals surface area (Å²) < 4.78 is 4.01. The Bertz CT molecular complexity index is 1840. The number of nitrogens with one attached hydrogen (secondary N) is 1. The Hall–Kier alpha value is -4.68. The Morgan fingerprint density at radius 1 is 0.789 bits per heavy atom. The molecule has 0 aliphatic heterocycles. The first kappa shape index (κ1) is 23.7. The number of pyridine rings is 1. The molecule has 0 unspecified atom stereocenters. The van der Waals surface area contributed by atoms with Gasteiger partial charge in [-0.1, -0.05) is 66.2 Å². The molecule has 0 fully saturated rings. The molecule has 0 radical (unpaired) electrons. The van der Waals surface area contributed by atoms with Crippen LogP contribution in [-0.4, -0.2) is 21.3 Å². The molecule has 0 atom stereocenters. The quantitative estimate of drug-likeness (QED) is 0.168. The number of hydrogen-bond acceptors (Lipinski definition) is 3. The van der Waals surface area contributed by atoms with Gasteiger partial charge in [-0.15, -0.1) is 0 Å². The molecule has 2 aromatic heterocycles. The predicted octanol–water partition coefficient (Wildman–Crippen LogP) is 5.96. The average Bonchev–Trinajstić information content (AvgIpc) is 3.29. The zero-order valence-corrected chi connectivity index (χ0v) is 21.1. The summed E-state index contributed by atoms with van der Waals surface area (Å²) in [7, 11) is 0. The van der Waals surface area contributed by atoms with E-state index in [0.29, 0.717) is 33.4 Å². The lowest BCUT2D eigenvalue weighted by molar-refractivity contribution is -0.121. The van der Waals surface area contributed by atoms with E-state index in [1.807, 2.05) is 89.6 Å². The van der Waals surface area contributed by atoms with Gasteiger partial charge in [0, 0.05) is 45.0 Å². The zero-order valence-electron chi connectivity index (χ0n) is 20.3. The number of para-hydroxylation sites is 3. The standard InChI is InChI=1S/C31H23ClN4O2/c32-23-15-13-21(14-16-23)18-35-19-22(24-7-1-4-10-27(24)35)17-33-34-30(37)20-36-28-11-5-2-8-25(28)31(38)26-9-3-6-12-29(26)36/h1-17,19H,18,20H2,(H,34,37)/b33-17+. The summed E-state index contributed by atoms with van der Waals surface area (Å²) in [6.45, 7) is 0.710. The minimum absolute atomic E-state index is 0.0248. The molecule has 6 rings (SSSR count). The Balaban J connectivity index is 1.26. The third kappa shape index (κ3) is 4.46. The van der Waals surface area contributed by atoms with E-state index in [0.717, 1.165) is 22.0 Å². The molecule has 0 bridgehead atoms. The molecular weight excluding hydrogens is 496 g/mol. The topological polar surface area (TPSA) is 68.4 Å². The van der Waals surface area contributed by atoms with E-state index in [4.69, 9.17) is 11.6 Å². The molecule has 6 nitrogen and oxygen atoms in total. The summed E-state index contributed by atoms with van der Waals surface area (Å²) >= 11 is 6.04. The second-order valence-corrected chi connectivity index (χ2v) is 9.54. The number of rotatable bonds is 6. The third-order valence-corrected chi connectivity index (χ3v) is 6.91. The highest BCUT2D eigenvalue weighted by molar-refractivity contribution is 6.30. The molecule has 0 aliphatic rings. The van der Waals surface area contributed by atoms with Crippen LogP contribution in [0.5, 0.6) is 0 Å². The number of halogens is 1. The lowest BCUT2D eigenvalue weighted by Crippen LogP contribution is -2.25. The van der Waals surface area contributed by atoms with Crippen molar-refractivity contribution in [3.05, 3.63) is 130 Å². The van der Waals surface area contributed by atoms with Crippen LogP contribution in [0.4, 0.5) is 0 Å². The highest BCUT2D eigenvalue weighted by atomic mass is 35.5. The molecule has 0 saturated heterocycles. The van der Waals surface area contributed by atoms with Crippen LogP contribution in [0, 0.1) is 0 Å². The van der Waals surface area contributed by atoms with Gasteiger partial charge >= 0.3 is 0 Å². The Kier molecular flexibility index (Phi) is 6.23. The van der Waals surface area contributed by atoms with E-state index in [-0.39, 0.29) is 17.9 Å². The summed E-state index contributed by atoms with van der Waals surface area (Å²) in [4.78, 5) is 25.9. The number of carbonyl (C=O) groups excluding carboxylic acids is 1. The van der Waals surface area contributed by atoms with Gasteiger partial charge in [0.1, 0.15) is 6.54 Å². The highest BCUT2D eigenvalue weighted by Gasteiger charge is 2.13. The highest BCUT2D eigenvalue weighted by Crippen LogP contribution is 2.22. The number of carbonyl (C=O) groups is 1. The monoisotopic (exact) mass is 518 g/mol. The summed E-state index contributed by atoms with van der Waals surface area (Å²) in [6.07, 6.45) is 3.69. The van der Waals surface area contributed by atoms with Crippen molar-refractivity contribution < 1.29 is 4.79 Å². The number of nitrogens with zero attached hydrogens (tertiary/aromatic N) is 3. The molecule has 186 valence electrons. The van der Waals surface area contributed by atoms with Crippen molar-refractivity contribution in [1.29, 1.82) is 0 Å². The van der Waals surface area contributed by atoms with Crippen LogP contribution < -0.4 is 10.9 Å². The number of hydrogen-bond donors (Lipinski definition) is 1. The van der Waals surface area contributed by atoms with E-state index in [1.54, 1.807) is 18.3 Å². The molecule has 0 saturated carbocycles. The minimum Gasteiger partial charge on any atom is -0.342 e. The summed E-state index contributed by atoms with van der Waals surface area (Å²) in [5.41, 5.74) is 7.14. The summed E-state index contributed by atoms with van der Waals surface area (Å²) in [5, 5.41) is 7.17. The fourth-order valence-electron chi connectivity index (χ4n) is 4.90. The van der Waals surface area contributed by atoms with Crippen LogP contribution >= 0.6 is 11.6 Å². The van der Waals surface area contributed by atoms with E-state index >= 15 is 0 Å². The van der Waals surface area contributed by atoms with Crippen molar-refractivity contribution in [1.82, 2.24) is 14.6 Å². The van der Waals surface area contributed by atoms with Crippen molar-refractivity contribution in [2.24, 2.45) is 5.10 Å². The Morgan fingerprint density at radius 2 is 1.37 bits per heavy atom. The van der Waals surface area contributed by atoms with Gasteiger partial charge in [0.2, 0.25) is 0 Å². The zero-order chi connectivity index (χ0) is 26.1. The third-order valence-electron chi connectivity index (χ3n) is 6.66. The molecule has 6 aromatic rings. The molecule has 0 spiro atoms. The molecule has 1 amide bonds. The van der Waals surface area contributed by atoms with Crippen molar-refractivity contribution in [2.45, 2.75) is 13.1 Å². The van der Waals surface area contributed by atoms with Crippen LogP contribution in [0.25, 0.3) is 32.7 Å². The molecule has 4 aromatic carbocycles. The fourth-order valence-corrected chi connectivity index (χ4v) is 5.02. The van der Waals surface area contributed by atoms with Crippen molar-refractivity contribution in [3.63, 3.8) is 0 Å². The second-order valence-electron chi connectivity index (χ2n) is 9.10. The van der Waals surface area contributed by atoms with Gasteiger partial charge in [-0.2, -0.15) is 5.10 Å². The normalized spacial score (nSPS) is 11.6. The van der Waals surface area contributed by atoms with Crippen LogP contribution in [0.2, 0.25) is 5.02 Å². The van der Waals surface area contributed by atoms with Crippen molar-refractivity contribution in [2.75, 3.05) is 0 Å². The van der Waals surface area contributed by atoms with Crippen LogP contribution in [0.1, 0.15) is 11.1 Å². The molecule has 1 N–H and O–H groups in total. The van der Waals surface area contributed by atoms with Crippen LogP contribution in [0.3, 0.4) is 0 Å².